The zero-order valence-corrected chi connectivity index (χ0v) is 8.78. The molecule has 2 N–H and O–H groups in total. The second-order valence-electron chi connectivity index (χ2n) is 2.63. The highest BCUT2D eigenvalue weighted by molar-refractivity contribution is 5.73. The Kier molecular flexibility index (Phi) is 8.65. The molecule has 0 atom stereocenters. The monoisotopic (exact) mass is 260 g/mol. The molecule has 0 heterocycles. The van der Waals surface area contributed by atoms with Gasteiger partial charge in [-0.3, -0.25) is 9.59 Å². The van der Waals surface area contributed by atoms with Crippen LogP contribution in [0.5, 0.6) is 0 Å². The van der Waals surface area contributed by atoms with E-state index in [0.29, 0.717) is 6.42 Å². The predicted octanol–water partition coefficient (Wildman–Crippen LogP) is 1.05. The zero-order valence-electron chi connectivity index (χ0n) is 8.78. The van der Waals surface area contributed by atoms with Crippen molar-refractivity contribution in [3.05, 3.63) is 0 Å². The molecule has 100 valence electrons. The van der Waals surface area contributed by atoms with E-state index in [9.17, 15) is 22.8 Å². The van der Waals surface area contributed by atoms with E-state index in [0.717, 1.165) is 0 Å². The van der Waals surface area contributed by atoms with Crippen LogP contribution >= 0.6 is 0 Å². The van der Waals surface area contributed by atoms with Gasteiger partial charge in [0.2, 0.25) is 0 Å². The lowest BCUT2D eigenvalue weighted by Crippen LogP contribution is -2.21. The number of rotatable bonds is 4. The van der Waals surface area contributed by atoms with Crippen molar-refractivity contribution in [1.82, 2.24) is 0 Å². The first-order valence-corrected chi connectivity index (χ1v) is 4.20. The van der Waals surface area contributed by atoms with Crippen LogP contribution in [0, 0.1) is 0 Å². The van der Waals surface area contributed by atoms with Gasteiger partial charge in [0.1, 0.15) is 0 Å². The Morgan fingerprint density at radius 2 is 1.53 bits per heavy atom. The number of aliphatic carboxylic acids is 2. The highest BCUT2D eigenvalue weighted by Gasteiger charge is 2.38. The van der Waals surface area contributed by atoms with Crippen molar-refractivity contribution in [2.75, 3.05) is 7.11 Å². The highest BCUT2D eigenvalue weighted by Crippen LogP contribution is 2.13. The Balaban J connectivity index is 0. The van der Waals surface area contributed by atoms with Gasteiger partial charge < -0.3 is 14.9 Å². The SMILES string of the molecule is COC(=O)CCCC(=O)O.O=C(O)C(F)(F)F. The van der Waals surface area contributed by atoms with Crippen molar-refractivity contribution >= 4 is 17.9 Å². The van der Waals surface area contributed by atoms with Crippen molar-refractivity contribution in [3.8, 4) is 0 Å². The first-order chi connectivity index (χ1) is 7.61. The van der Waals surface area contributed by atoms with Crippen LogP contribution in [0.25, 0.3) is 0 Å². The van der Waals surface area contributed by atoms with Crippen LogP contribution in [-0.2, 0) is 19.1 Å². The van der Waals surface area contributed by atoms with E-state index in [4.69, 9.17) is 15.0 Å². The second-order valence-corrected chi connectivity index (χ2v) is 2.63. The van der Waals surface area contributed by atoms with Gasteiger partial charge in [-0.2, -0.15) is 13.2 Å². The van der Waals surface area contributed by atoms with Gasteiger partial charge in [-0.05, 0) is 6.42 Å². The number of carbonyl (C=O) groups is 3. The Bertz CT molecular complexity index is 273. The summed E-state index contributed by atoms with van der Waals surface area (Å²) in [6.45, 7) is 0. The lowest BCUT2D eigenvalue weighted by molar-refractivity contribution is -0.192. The number of carboxylic acids is 2. The molecule has 0 saturated heterocycles. The first kappa shape index (κ1) is 17.6. The minimum Gasteiger partial charge on any atom is -0.481 e. The van der Waals surface area contributed by atoms with Gasteiger partial charge in [0.15, 0.2) is 0 Å². The van der Waals surface area contributed by atoms with Crippen LogP contribution in [0.1, 0.15) is 19.3 Å². The number of esters is 1. The summed E-state index contributed by atoms with van der Waals surface area (Å²) in [4.78, 5) is 29.2. The normalized spacial score (nSPS) is 9.88. The molecule has 0 aromatic carbocycles. The molecule has 0 rings (SSSR count). The molecule has 0 saturated carbocycles. The van der Waals surface area contributed by atoms with Gasteiger partial charge in [0, 0.05) is 12.8 Å². The molecule has 0 amide bonds. The fourth-order valence-electron chi connectivity index (χ4n) is 0.486. The summed E-state index contributed by atoms with van der Waals surface area (Å²) in [6, 6.07) is 0. The van der Waals surface area contributed by atoms with E-state index in [2.05, 4.69) is 4.74 Å². The van der Waals surface area contributed by atoms with Gasteiger partial charge in [-0.15, -0.1) is 0 Å². The maximum absolute atomic E-state index is 10.6. The summed E-state index contributed by atoms with van der Waals surface area (Å²) in [6.07, 6.45) is -4.53. The van der Waals surface area contributed by atoms with E-state index >= 15 is 0 Å². The van der Waals surface area contributed by atoms with E-state index in [1.165, 1.54) is 7.11 Å². The number of ether oxygens (including phenoxy) is 1. The number of alkyl halides is 3. The average molecular weight is 260 g/mol. The largest absolute Gasteiger partial charge is 0.490 e. The zero-order chi connectivity index (χ0) is 14.1. The number of hydrogen-bond acceptors (Lipinski definition) is 4. The van der Waals surface area contributed by atoms with Crippen LogP contribution in [0.2, 0.25) is 0 Å². The average Bonchev–Trinajstić information content (AvgIpc) is 2.16. The molecule has 17 heavy (non-hydrogen) atoms. The van der Waals surface area contributed by atoms with Crippen molar-refractivity contribution < 1.29 is 42.5 Å². The van der Waals surface area contributed by atoms with Crippen molar-refractivity contribution in [3.63, 3.8) is 0 Å². The number of hydrogen-bond donors (Lipinski definition) is 2. The lowest BCUT2D eigenvalue weighted by Gasteiger charge is -1.94. The van der Waals surface area contributed by atoms with Gasteiger partial charge in [-0.25, -0.2) is 4.79 Å². The number of carbonyl (C=O) groups excluding carboxylic acids is 1. The molecule has 0 radical (unpaired) electrons. The fraction of sp³-hybridized carbons (Fsp3) is 0.625. The minimum absolute atomic E-state index is 0.0229. The van der Waals surface area contributed by atoms with Gasteiger partial charge >= 0.3 is 24.1 Å². The Hall–Kier alpha value is -1.80. The molecule has 0 aromatic rings. The Labute approximate surface area is 94.0 Å². The first-order valence-electron chi connectivity index (χ1n) is 4.20. The van der Waals surface area contributed by atoms with E-state index in [1.807, 2.05) is 0 Å². The molecular formula is C8H11F3O6. The third-order valence-corrected chi connectivity index (χ3v) is 1.24. The number of carboxylic acid groups (broad SMARTS) is 2. The summed E-state index contributed by atoms with van der Waals surface area (Å²) in [7, 11) is 1.28. The standard InChI is InChI=1S/C6H10O4.C2HF3O2/c1-10-6(9)4-2-3-5(7)8;3-2(4,5)1(6)7/h2-4H2,1H3,(H,7,8);(H,6,7). The summed E-state index contributed by atoms with van der Waals surface area (Å²) < 4.78 is 36.0. The fourth-order valence-corrected chi connectivity index (χ4v) is 0.486. The van der Waals surface area contributed by atoms with Gasteiger partial charge in [0.05, 0.1) is 7.11 Å². The maximum Gasteiger partial charge on any atom is 0.490 e. The second kappa shape index (κ2) is 8.36. The molecule has 0 spiro atoms. The highest BCUT2D eigenvalue weighted by atomic mass is 19.4. The van der Waals surface area contributed by atoms with Crippen molar-refractivity contribution in [2.45, 2.75) is 25.4 Å². The molecule has 0 fully saturated rings. The van der Waals surface area contributed by atoms with Crippen LogP contribution in [0.15, 0.2) is 0 Å². The van der Waals surface area contributed by atoms with Crippen LogP contribution in [0.4, 0.5) is 13.2 Å². The summed E-state index contributed by atoms with van der Waals surface area (Å²) in [5, 5.41) is 15.3. The third kappa shape index (κ3) is 14.2. The molecule has 0 aliphatic heterocycles. The van der Waals surface area contributed by atoms with E-state index in [1.54, 1.807) is 0 Å². The summed E-state index contributed by atoms with van der Waals surface area (Å²) in [5.74, 6) is -4.00. The predicted molar refractivity (Wildman–Crippen MR) is 47.2 cm³/mol. The summed E-state index contributed by atoms with van der Waals surface area (Å²) in [5.41, 5.74) is 0. The third-order valence-electron chi connectivity index (χ3n) is 1.24. The lowest BCUT2D eigenvalue weighted by atomic mass is 10.2. The molecule has 0 unspecified atom stereocenters. The number of halogens is 3. The molecular weight excluding hydrogens is 249 g/mol. The molecule has 6 nitrogen and oxygen atoms in total. The van der Waals surface area contributed by atoms with Crippen molar-refractivity contribution in [2.24, 2.45) is 0 Å². The Morgan fingerprint density at radius 3 is 1.76 bits per heavy atom. The smallest absolute Gasteiger partial charge is 0.481 e. The van der Waals surface area contributed by atoms with Crippen LogP contribution < -0.4 is 0 Å². The maximum atomic E-state index is 10.6. The number of methoxy groups -OCH3 is 1. The minimum atomic E-state index is -5.08. The molecule has 0 aliphatic carbocycles. The van der Waals surface area contributed by atoms with Crippen LogP contribution in [-0.4, -0.2) is 41.4 Å². The molecule has 0 aromatic heterocycles. The van der Waals surface area contributed by atoms with E-state index < -0.39 is 18.1 Å². The molecule has 0 aliphatic rings. The van der Waals surface area contributed by atoms with E-state index in [-0.39, 0.29) is 18.8 Å². The van der Waals surface area contributed by atoms with Gasteiger partial charge in [0.25, 0.3) is 0 Å². The summed E-state index contributed by atoms with van der Waals surface area (Å²) >= 11 is 0. The molecule has 0 bridgehead atoms. The molecule has 9 heteroatoms. The van der Waals surface area contributed by atoms with Crippen molar-refractivity contribution in [1.29, 1.82) is 0 Å². The van der Waals surface area contributed by atoms with Gasteiger partial charge in [-0.1, -0.05) is 0 Å². The topological polar surface area (TPSA) is 101 Å². The Morgan fingerprint density at radius 1 is 1.12 bits per heavy atom. The quantitative estimate of drug-likeness (QED) is 0.732. The van der Waals surface area contributed by atoms with Crippen LogP contribution in [0.3, 0.4) is 0 Å².